The Hall–Kier alpha value is -0.410. The number of hydrogen-bond donors (Lipinski definition) is 1. The van der Waals surface area contributed by atoms with Crippen LogP contribution in [0.1, 0.15) is 73.6 Å². The number of ether oxygens (including phenoxy) is 1. The Morgan fingerprint density at radius 1 is 1.21 bits per heavy atom. The summed E-state index contributed by atoms with van der Waals surface area (Å²) in [6, 6.07) is 0. The zero-order chi connectivity index (χ0) is 15.1. The summed E-state index contributed by atoms with van der Waals surface area (Å²) in [6.45, 7) is 11.9. The van der Waals surface area contributed by atoms with E-state index < -0.39 is 5.60 Å². The van der Waals surface area contributed by atoms with Crippen LogP contribution in [0.2, 0.25) is 0 Å². The summed E-state index contributed by atoms with van der Waals surface area (Å²) in [4.78, 5) is 11.9. The van der Waals surface area contributed by atoms with E-state index in [0.29, 0.717) is 12.3 Å². The van der Waals surface area contributed by atoms with Crippen molar-refractivity contribution in [1.29, 1.82) is 0 Å². The lowest BCUT2D eigenvalue weighted by atomic mass is 9.84. The minimum absolute atomic E-state index is 0.00163. The van der Waals surface area contributed by atoms with Crippen LogP contribution in [-0.4, -0.2) is 28.7 Å². The molecule has 3 unspecified atom stereocenters. The van der Waals surface area contributed by atoms with Gasteiger partial charge < -0.3 is 9.84 Å². The molecule has 0 rings (SSSR count). The Bertz CT molecular complexity index is 273. The fourth-order valence-electron chi connectivity index (χ4n) is 1.99. The van der Waals surface area contributed by atoms with Crippen molar-refractivity contribution in [1.82, 2.24) is 0 Å². The zero-order valence-corrected chi connectivity index (χ0v) is 13.6. The molecule has 0 aromatic heterocycles. The van der Waals surface area contributed by atoms with Crippen molar-refractivity contribution < 1.29 is 14.6 Å². The number of ketones is 1. The average molecular weight is 272 g/mol. The highest BCUT2D eigenvalue weighted by Crippen LogP contribution is 2.30. The van der Waals surface area contributed by atoms with E-state index in [2.05, 4.69) is 27.7 Å². The first-order valence-corrected chi connectivity index (χ1v) is 7.63. The third-order valence-electron chi connectivity index (χ3n) is 4.56. The molecule has 3 nitrogen and oxygen atoms in total. The van der Waals surface area contributed by atoms with E-state index >= 15 is 0 Å². The summed E-state index contributed by atoms with van der Waals surface area (Å²) in [7, 11) is 0. The molecular weight excluding hydrogens is 240 g/mol. The molecule has 3 heteroatoms. The predicted molar refractivity (Wildman–Crippen MR) is 79.3 cm³/mol. The fraction of sp³-hybridized carbons (Fsp3) is 0.938. The van der Waals surface area contributed by atoms with Gasteiger partial charge in [0.25, 0.3) is 0 Å². The Morgan fingerprint density at radius 3 is 2.21 bits per heavy atom. The van der Waals surface area contributed by atoms with Gasteiger partial charge in [0.15, 0.2) is 5.78 Å². The first-order chi connectivity index (χ1) is 8.73. The molecule has 0 radical (unpaired) electrons. The van der Waals surface area contributed by atoms with Crippen LogP contribution in [0.4, 0.5) is 0 Å². The number of unbranched alkanes of at least 4 members (excludes halogenated alkanes) is 1. The number of aliphatic hydroxyl groups is 1. The van der Waals surface area contributed by atoms with Gasteiger partial charge in [0.05, 0.1) is 5.60 Å². The topological polar surface area (TPSA) is 46.5 Å². The minimum Gasteiger partial charge on any atom is -0.382 e. The van der Waals surface area contributed by atoms with Crippen molar-refractivity contribution in [3.05, 3.63) is 0 Å². The summed E-state index contributed by atoms with van der Waals surface area (Å²) >= 11 is 0. The molecular formula is C16H32O3. The largest absolute Gasteiger partial charge is 0.382 e. The smallest absolute Gasteiger partial charge is 0.189 e. The second-order valence-corrected chi connectivity index (χ2v) is 6.05. The highest BCUT2D eigenvalue weighted by molar-refractivity contribution is 5.87. The van der Waals surface area contributed by atoms with Crippen molar-refractivity contribution in [2.45, 2.75) is 84.8 Å². The van der Waals surface area contributed by atoms with Crippen LogP contribution in [0.5, 0.6) is 0 Å². The first kappa shape index (κ1) is 18.6. The van der Waals surface area contributed by atoms with Gasteiger partial charge in [-0.05, 0) is 39.0 Å². The van der Waals surface area contributed by atoms with Gasteiger partial charge in [-0.1, -0.05) is 40.5 Å². The lowest BCUT2D eigenvalue weighted by molar-refractivity contribution is -0.151. The maximum absolute atomic E-state index is 11.9. The molecule has 0 amide bonds. The SMILES string of the molecule is CCCCC(C)C(C)(CC)OCC(=O)C(C)(O)CC. The molecule has 0 aliphatic carbocycles. The molecule has 1 N–H and O–H groups in total. The monoisotopic (exact) mass is 272 g/mol. The Balaban J connectivity index is 4.51. The van der Waals surface area contributed by atoms with Crippen LogP contribution >= 0.6 is 0 Å². The lowest BCUT2D eigenvalue weighted by Crippen LogP contribution is -2.42. The second-order valence-electron chi connectivity index (χ2n) is 6.05. The second kappa shape index (κ2) is 8.01. The Kier molecular flexibility index (Phi) is 7.83. The lowest BCUT2D eigenvalue weighted by Gasteiger charge is -2.35. The molecule has 19 heavy (non-hydrogen) atoms. The number of carbonyl (C=O) groups excluding carboxylic acids is 1. The quantitative estimate of drug-likeness (QED) is 0.659. The Labute approximate surface area is 118 Å². The standard InChI is InChI=1S/C16H32O3/c1-7-10-11-13(4)16(6,9-3)19-12-14(17)15(5,18)8-2/h13,18H,7-12H2,1-6H3. The molecule has 0 aromatic rings. The highest BCUT2D eigenvalue weighted by Gasteiger charge is 2.34. The Morgan fingerprint density at radius 2 is 1.79 bits per heavy atom. The predicted octanol–water partition coefficient (Wildman–Crippen LogP) is 3.73. The van der Waals surface area contributed by atoms with Crippen LogP contribution in [0.3, 0.4) is 0 Å². The summed E-state index contributed by atoms with van der Waals surface area (Å²) in [5.74, 6) is 0.189. The van der Waals surface area contributed by atoms with Gasteiger partial charge >= 0.3 is 0 Å². The number of hydrogen-bond acceptors (Lipinski definition) is 3. The van der Waals surface area contributed by atoms with Crippen molar-refractivity contribution in [3.8, 4) is 0 Å². The van der Waals surface area contributed by atoms with Crippen molar-refractivity contribution in [2.24, 2.45) is 5.92 Å². The summed E-state index contributed by atoms with van der Waals surface area (Å²) in [5, 5.41) is 9.91. The molecule has 0 aromatic carbocycles. The molecule has 0 saturated carbocycles. The van der Waals surface area contributed by atoms with Crippen molar-refractivity contribution in [3.63, 3.8) is 0 Å². The molecule has 0 aliphatic heterocycles. The van der Waals surface area contributed by atoms with Gasteiger partial charge in [0.2, 0.25) is 0 Å². The van der Waals surface area contributed by atoms with E-state index in [0.717, 1.165) is 12.8 Å². The van der Waals surface area contributed by atoms with Gasteiger partial charge in [-0.25, -0.2) is 0 Å². The van der Waals surface area contributed by atoms with Crippen LogP contribution in [-0.2, 0) is 9.53 Å². The molecule has 0 bridgehead atoms. The summed E-state index contributed by atoms with van der Waals surface area (Å²) < 4.78 is 5.88. The van der Waals surface area contributed by atoms with Crippen LogP contribution in [0.15, 0.2) is 0 Å². The number of carbonyl (C=O) groups is 1. The average Bonchev–Trinajstić information content (AvgIpc) is 2.41. The molecule has 3 atom stereocenters. The number of Topliss-reactive ketones (excluding diaryl/α,β-unsaturated/α-hetero) is 1. The van der Waals surface area contributed by atoms with Gasteiger partial charge in [-0.2, -0.15) is 0 Å². The highest BCUT2D eigenvalue weighted by atomic mass is 16.5. The van der Waals surface area contributed by atoms with E-state index in [1.165, 1.54) is 12.8 Å². The summed E-state index contributed by atoms with van der Waals surface area (Å²) in [6.07, 6.45) is 4.76. The molecule has 114 valence electrons. The van der Waals surface area contributed by atoms with E-state index in [1.54, 1.807) is 13.8 Å². The molecule has 0 spiro atoms. The molecule has 0 saturated heterocycles. The number of rotatable bonds is 10. The van der Waals surface area contributed by atoms with Crippen molar-refractivity contribution in [2.75, 3.05) is 6.61 Å². The molecule has 0 heterocycles. The maximum Gasteiger partial charge on any atom is 0.189 e. The fourth-order valence-corrected chi connectivity index (χ4v) is 1.99. The zero-order valence-electron chi connectivity index (χ0n) is 13.6. The normalized spacial score (nSPS) is 19.5. The van der Waals surface area contributed by atoms with E-state index in [9.17, 15) is 9.90 Å². The van der Waals surface area contributed by atoms with E-state index in [4.69, 9.17) is 4.74 Å². The van der Waals surface area contributed by atoms with E-state index in [1.807, 2.05) is 0 Å². The van der Waals surface area contributed by atoms with Gasteiger partial charge in [0.1, 0.15) is 12.2 Å². The van der Waals surface area contributed by atoms with Crippen molar-refractivity contribution >= 4 is 5.78 Å². The maximum atomic E-state index is 11.9. The first-order valence-electron chi connectivity index (χ1n) is 7.63. The third kappa shape index (κ3) is 5.62. The van der Waals surface area contributed by atoms with Gasteiger partial charge in [-0.3, -0.25) is 4.79 Å². The van der Waals surface area contributed by atoms with Gasteiger partial charge in [0, 0.05) is 0 Å². The van der Waals surface area contributed by atoms with E-state index in [-0.39, 0.29) is 18.0 Å². The minimum atomic E-state index is -1.26. The molecule has 0 aliphatic rings. The third-order valence-corrected chi connectivity index (χ3v) is 4.56. The van der Waals surface area contributed by atoms with Crippen LogP contribution in [0.25, 0.3) is 0 Å². The summed E-state index contributed by atoms with van der Waals surface area (Å²) in [5.41, 5.74) is -1.55. The van der Waals surface area contributed by atoms with Crippen LogP contribution in [0, 0.1) is 5.92 Å². The van der Waals surface area contributed by atoms with Gasteiger partial charge in [-0.15, -0.1) is 0 Å². The molecule has 0 fully saturated rings. The van der Waals surface area contributed by atoms with Crippen LogP contribution < -0.4 is 0 Å².